The van der Waals surface area contributed by atoms with Crippen molar-refractivity contribution in [1.82, 2.24) is 9.88 Å². The second-order valence-corrected chi connectivity index (χ2v) is 7.34. The van der Waals surface area contributed by atoms with Crippen molar-refractivity contribution in [3.05, 3.63) is 48.0 Å². The molecule has 2 N–H and O–H groups in total. The number of likely N-dealkylation sites (tertiary alicyclic amines) is 1. The molecule has 2 aromatic rings. The van der Waals surface area contributed by atoms with E-state index in [-0.39, 0.29) is 17.8 Å². The van der Waals surface area contributed by atoms with Gasteiger partial charge in [-0.25, -0.2) is 4.39 Å². The number of rotatable bonds is 6. The van der Waals surface area contributed by atoms with E-state index in [1.807, 2.05) is 17.0 Å². The Labute approximate surface area is 160 Å². The second kappa shape index (κ2) is 8.46. The molecule has 1 aromatic heterocycles. The fraction of sp³-hybridized carbons (Fsp3) is 0.476. The lowest BCUT2D eigenvalue weighted by Gasteiger charge is -2.35. The molecule has 0 spiro atoms. The molecular formula is C21H29FN4O. The Morgan fingerprint density at radius 2 is 2.07 bits per heavy atom. The summed E-state index contributed by atoms with van der Waals surface area (Å²) in [6.45, 7) is 8.64. The van der Waals surface area contributed by atoms with Gasteiger partial charge in [-0.2, -0.15) is 0 Å². The molecule has 3 rings (SSSR count). The lowest BCUT2D eigenvalue weighted by molar-refractivity contribution is 0.0713. The van der Waals surface area contributed by atoms with Crippen LogP contribution in [-0.4, -0.2) is 47.5 Å². The van der Waals surface area contributed by atoms with Crippen LogP contribution in [0.5, 0.6) is 0 Å². The summed E-state index contributed by atoms with van der Waals surface area (Å²) in [6.07, 6.45) is 3.45. The van der Waals surface area contributed by atoms with Crippen LogP contribution >= 0.6 is 0 Å². The SMILES string of the molecule is CCN(c1ccc(F)cc1NC1CCN(C(=O)c2ccc[nH]2)CC1)C(C)C. The molecule has 5 nitrogen and oxygen atoms in total. The Hall–Kier alpha value is -2.50. The molecule has 146 valence electrons. The van der Waals surface area contributed by atoms with Gasteiger partial charge in [-0.1, -0.05) is 0 Å². The Morgan fingerprint density at radius 3 is 2.67 bits per heavy atom. The predicted molar refractivity (Wildman–Crippen MR) is 108 cm³/mol. The van der Waals surface area contributed by atoms with E-state index >= 15 is 0 Å². The number of aromatic amines is 1. The Morgan fingerprint density at radius 1 is 1.33 bits per heavy atom. The highest BCUT2D eigenvalue weighted by atomic mass is 19.1. The monoisotopic (exact) mass is 372 g/mol. The van der Waals surface area contributed by atoms with E-state index in [0.717, 1.165) is 30.8 Å². The number of nitrogens with one attached hydrogen (secondary N) is 2. The number of carbonyl (C=O) groups excluding carboxylic acids is 1. The van der Waals surface area contributed by atoms with Crippen LogP contribution in [0, 0.1) is 5.82 Å². The molecule has 1 fully saturated rings. The number of anilines is 2. The highest BCUT2D eigenvalue weighted by Crippen LogP contribution is 2.30. The molecule has 1 aliphatic heterocycles. The maximum absolute atomic E-state index is 13.9. The van der Waals surface area contributed by atoms with E-state index in [2.05, 4.69) is 36.0 Å². The number of hydrogen-bond donors (Lipinski definition) is 2. The summed E-state index contributed by atoms with van der Waals surface area (Å²) in [7, 11) is 0. The highest BCUT2D eigenvalue weighted by Gasteiger charge is 2.25. The van der Waals surface area contributed by atoms with E-state index in [1.54, 1.807) is 18.3 Å². The topological polar surface area (TPSA) is 51.4 Å². The van der Waals surface area contributed by atoms with Crippen LogP contribution in [0.4, 0.5) is 15.8 Å². The van der Waals surface area contributed by atoms with Gasteiger partial charge in [0.05, 0.1) is 11.4 Å². The van der Waals surface area contributed by atoms with Crippen molar-refractivity contribution in [3.63, 3.8) is 0 Å². The summed E-state index contributed by atoms with van der Waals surface area (Å²) < 4.78 is 13.9. The van der Waals surface area contributed by atoms with Gasteiger partial charge in [-0.3, -0.25) is 4.79 Å². The fourth-order valence-electron chi connectivity index (χ4n) is 3.77. The highest BCUT2D eigenvalue weighted by molar-refractivity contribution is 5.92. The molecule has 2 heterocycles. The van der Waals surface area contributed by atoms with Crippen molar-refractivity contribution in [2.45, 2.75) is 45.7 Å². The van der Waals surface area contributed by atoms with Crippen LogP contribution < -0.4 is 10.2 Å². The van der Waals surface area contributed by atoms with Crippen LogP contribution in [0.2, 0.25) is 0 Å². The maximum Gasteiger partial charge on any atom is 0.270 e. The van der Waals surface area contributed by atoms with Crippen molar-refractivity contribution >= 4 is 17.3 Å². The Balaban J connectivity index is 1.66. The Kier molecular flexibility index (Phi) is 6.04. The number of amides is 1. The van der Waals surface area contributed by atoms with Crippen LogP contribution in [-0.2, 0) is 0 Å². The Bertz CT molecular complexity index is 752. The molecule has 0 unspecified atom stereocenters. The number of halogens is 1. The number of aromatic nitrogens is 1. The number of carbonyl (C=O) groups is 1. The molecule has 0 atom stereocenters. The minimum Gasteiger partial charge on any atom is -0.380 e. The van der Waals surface area contributed by atoms with Crippen LogP contribution in [0.3, 0.4) is 0 Å². The average Bonchev–Trinajstić information content (AvgIpc) is 3.18. The largest absolute Gasteiger partial charge is 0.380 e. The zero-order valence-electron chi connectivity index (χ0n) is 16.3. The van der Waals surface area contributed by atoms with Gasteiger partial charge >= 0.3 is 0 Å². The third kappa shape index (κ3) is 4.43. The average molecular weight is 372 g/mol. The fourth-order valence-corrected chi connectivity index (χ4v) is 3.77. The number of nitrogens with zero attached hydrogens (tertiary/aromatic N) is 2. The van der Waals surface area contributed by atoms with Crippen molar-refractivity contribution < 1.29 is 9.18 Å². The van der Waals surface area contributed by atoms with Crippen molar-refractivity contribution in [2.75, 3.05) is 29.9 Å². The molecule has 0 aliphatic carbocycles. The van der Waals surface area contributed by atoms with Crippen LogP contribution in [0.1, 0.15) is 44.1 Å². The molecule has 0 bridgehead atoms. The summed E-state index contributed by atoms with van der Waals surface area (Å²) >= 11 is 0. The first-order valence-electron chi connectivity index (χ1n) is 9.75. The van der Waals surface area contributed by atoms with Gasteiger partial charge < -0.3 is 20.1 Å². The molecule has 1 amide bonds. The lowest BCUT2D eigenvalue weighted by Crippen LogP contribution is -2.42. The zero-order chi connectivity index (χ0) is 19.4. The number of H-pyrrole nitrogens is 1. The number of hydrogen-bond acceptors (Lipinski definition) is 3. The van der Waals surface area contributed by atoms with E-state index in [9.17, 15) is 9.18 Å². The predicted octanol–water partition coefficient (Wildman–Crippen LogP) is 4.11. The number of benzene rings is 1. The quantitative estimate of drug-likeness (QED) is 0.802. The summed E-state index contributed by atoms with van der Waals surface area (Å²) in [5.74, 6) is -0.192. The van der Waals surface area contributed by atoms with Crippen molar-refractivity contribution in [3.8, 4) is 0 Å². The third-order valence-corrected chi connectivity index (χ3v) is 5.20. The second-order valence-electron chi connectivity index (χ2n) is 7.34. The van der Waals surface area contributed by atoms with E-state index in [0.29, 0.717) is 24.8 Å². The first kappa shape index (κ1) is 19.3. The van der Waals surface area contributed by atoms with Gasteiger partial charge in [0.15, 0.2) is 0 Å². The van der Waals surface area contributed by atoms with E-state index in [4.69, 9.17) is 0 Å². The van der Waals surface area contributed by atoms with Gasteiger partial charge in [0.25, 0.3) is 5.91 Å². The minimum absolute atomic E-state index is 0.0434. The molecular weight excluding hydrogens is 343 g/mol. The van der Waals surface area contributed by atoms with E-state index in [1.165, 1.54) is 6.07 Å². The molecule has 0 radical (unpaired) electrons. The standard InChI is InChI=1S/C21H29FN4O/c1-4-26(15(2)3)20-8-7-16(22)14-19(20)24-17-9-12-25(13-10-17)21(27)18-6-5-11-23-18/h5-8,11,14-15,17,23-24H,4,9-10,12-13H2,1-3H3. The van der Waals surface area contributed by atoms with Crippen LogP contribution in [0.25, 0.3) is 0 Å². The van der Waals surface area contributed by atoms with Crippen molar-refractivity contribution in [2.24, 2.45) is 0 Å². The summed E-state index contributed by atoms with van der Waals surface area (Å²) in [6, 6.07) is 9.15. The molecule has 1 aliphatic rings. The van der Waals surface area contributed by atoms with Gasteiger partial charge in [0, 0.05) is 37.9 Å². The molecule has 27 heavy (non-hydrogen) atoms. The number of piperidine rings is 1. The molecule has 6 heteroatoms. The summed E-state index contributed by atoms with van der Waals surface area (Å²) in [4.78, 5) is 19.6. The summed E-state index contributed by atoms with van der Waals surface area (Å²) in [5.41, 5.74) is 2.49. The van der Waals surface area contributed by atoms with Gasteiger partial charge in [0.1, 0.15) is 11.5 Å². The van der Waals surface area contributed by atoms with Crippen LogP contribution in [0.15, 0.2) is 36.5 Å². The third-order valence-electron chi connectivity index (χ3n) is 5.20. The van der Waals surface area contributed by atoms with Gasteiger partial charge in [-0.15, -0.1) is 0 Å². The van der Waals surface area contributed by atoms with E-state index < -0.39 is 0 Å². The maximum atomic E-state index is 13.9. The minimum atomic E-state index is -0.236. The van der Waals surface area contributed by atoms with Crippen molar-refractivity contribution in [1.29, 1.82) is 0 Å². The molecule has 0 saturated carbocycles. The zero-order valence-corrected chi connectivity index (χ0v) is 16.3. The first-order valence-corrected chi connectivity index (χ1v) is 9.75. The van der Waals surface area contributed by atoms with Gasteiger partial charge in [0.2, 0.25) is 0 Å². The smallest absolute Gasteiger partial charge is 0.270 e. The van der Waals surface area contributed by atoms with Gasteiger partial charge in [-0.05, 0) is 63.9 Å². The first-order chi connectivity index (χ1) is 13.0. The summed E-state index contributed by atoms with van der Waals surface area (Å²) in [5, 5.41) is 3.53. The molecule has 1 saturated heterocycles. The lowest BCUT2D eigenvalue weighted by atomic mass is 10.0. The normalized spacial score (nSPS) is 15.2. The molecule has 1 aromatic carbocycles.